The summed E-state index contributed by atoms with van der Waals surface area (Å²) in [4.78, 5) is 24.6. The van der Waals surface area contributed by atoms with E-state index in [-0.39, 0.29) is 17.0 Å². The van der Waals surface area contributed by atoms with Crippen LogP contribution in [0.3, 0.4) is 0 Å². The molecule has 0 saturated heterocycles. The first-order valence-corrected chi connectivity index (χ1v) is 5.50. The van der Waals surface area contributed by atoms with Crippen molar-refractivity contribution in [2.24, 2.45) is 0 Å². The number of nitrogens with one attached hydrogen (secondary N) is 1. The third kappa shape index (κ3) is 2.82. The molecular formula is C13H9F2NO4. The number of H-pyrrole nitrogens is 1. The number of para-hydroxylation sites is 1. The fourth-order valence-corrected chi connectivity index (χ4v) is 1.69. The lowest BCUT2D eigenvalue weighted by atomic mass is 10.1. The third-order valence-corrected chi connectivity index (χ3v) is 2.53. The molecular weight excluding hydrogens is 272 g/mol. The van der Waals surface area contributed by atoms with Crippen molar-refractivity contribution in [1.82, 2.24) is 4.98 Å². The number of hydrogen-bond donors (Lipinski definition) is 2. The minimum atomic E-state index is -3.00. The highest BCUT2D eigenvalue weighted by atomic mass is 19.3. The number of carboxylic acids is 1. The van der Waals surface area contributed by atoms with E-state index in [4.69, 9.17) is 5.11 Å². The van der Waals surface area contributed by atoms with Gasteiger partial charge in [0.1, 0.15) is 11.3 Å². The van der Waals surface area contributed by atoms with Crippen LogP contribution in [0.25, 0.3) is 11.3 Å². The number of alkyl halides is 2. The lowest BCUT2D eigenvalue weighted by Gasteiger charge is -2.10. The minimum absolute atomic E-state index is 0.110. The first-order valence-electron chi connectivity index (χ1n) is 5.50. The van der Waals surface area contributed by atoms with Crippen molar-refractivity contribution < 1.29 is 23.4 Å². The molecule has 1 aromatic heterocycles. The van der Waals surface area contributed by atoms with Crippen molar-refractivity contribution in [2.75, 3.05) is 0 Å². The Balaban J connectivity index is 2.49. The molecule has 1 heterocycles. The monoisotopic (exact) mass is 281 g/mol. The number of pyridine rings is 1. The van der Waals surface area contributed by atoms with Crippen LogP contribution in [-0.2, 0) is 0 Å². The Kier molecular flexibility index (Phi) is 3.79. The third-order valence-electron chi connectivity index (χ3n) is 2.53. The highest BCUT2D eigenvalue weighted by Crippen LogP contribution is 2.28. The summed E-state index contributed by atoms with van der Waals surface area (Å²) >= 11 is 0. The van der Waals surface area contributed by atoms with Crippen molar-refractivity contribution in [1.29, 1.82) is 0 Å². The number of carboxylic acid groups (broad SMARTS) is 1. The number of aromatic amines is 1. The van der Waals surface area contributed by atoms with Crippen LogP contribution in [0.2, 0.25) is 0 Å². The van der Waals surface area contributed by atoms with E-state index in [0.29, 0.717) is 0 Å². The normalized spacial score (nSPS) is 10.6. The van der Waals surface area contributed by atoms with Gasteiger partial charge in [-0.2, -0.15) is 8.78 Å². The van der Waals surface area contributed by atoms with Gasteiger partial charge < -0.3 is 14.8 Å². The molecule has 104 valence electrons. The van der Waals surface area contributed by atoms with Gasteiger partial charge in [0.25, 0.3) is 5.56 Å². The molecule has 2 N–H and O–H groups in total. The summed E-state index contributed by atoms with van der Waals surface area (Å²) < 4.78 is 28.9. The maximum Gasteiger partial charge on any atom is 0.387 e. The van der Waals surface area contributed by atoms with Crippen molar-refractivity contribution in [3.05, 3.63) is 52.3 Å². The van der Waals surface area contributed by atoms with Crippen molar-refractivity contribution >= 4 is 5.97 Å². The number of ether oxygens (including phenoxy) is 1. The summed E-state index contributed by atoms with van der Waals surface area (Å²) in [7, 11) is 0. The summed E-state index contributed by atoms with van der Waals surface area (Å²) in [6, 6.07) is 8.31. The molecule has 0 amide bonds. The van der Waals surface area contributed by atoms with E-state index < -0.39 is 23.7 Å². The molecule has 20 heavy (non-hydrogen) atoms. The number of aromatic nitrogens is 1. The molecule has 0 unspecified atom stereocenters. The molecule has 0 atom stereocenters. The van der Waals surface area contributed by atoms with E-state index >= 15 is 0 Å². The summed E-state index contributed by atoms with van der Waals surface area (Å²) in [6.07, 6.45) is 0. The predicted octanol–water partition coefficient (Wildman–Crippen LogP) is 2.34. The van der Waals surface area contributed by atoms with E-state index in [1.807, 2.05) is 0 Å². The summed E-state index contributed by atoms with van der Waals surface area (Å²) in [6.45, 7) is -3.00. The Morgan fingerprint density at radius 1 is 1.20 bits per heavy atom. The van der Waals surface area contributed by atoms with Crippen LogP contribution in [0.1, 0.15) is 10.4 Å². The zero-order valence-corrected chi connectivity index (χ0v) is 9.97. The second-order valence-electron chi connectivity index (χ2n) is 3.79. The van der Waals surface area contributed by atoms with E-state index in [0.717, 1.165) is 6.07 Å². The Hall–Kier alpha value is -2.70. The second-order valence-corrected chi connectivity index (χ2v) is 3.79. The van der Waals surface area contributed by atoms with Gasteiger partial charge in [0.15, 0.2) is 0 Å². The molecule has 7 heteroatoms. The molecule has 0 bridgehead atoms. The zero-order valence-electron chi connectivity index (χ0n) is 9.97. The Morgan fingerprint density at radius 3 is 2.50 bits per heavy atom. The largest absolute Gasteiger partial charge is 0.477 e. The van der Waals surface area contributed by atoms with Crippen LogP contribution in [-0.4, -0.2) is 22.7 Å². The number of benzene rings is 1. The Bertz CT molecular complexity index is 697. The van der Waals surface area contributed by atoms with Gasteiger partial charge >= 0.3 is 12.6 Å². The predicted molar refractivity (Wildman–Crippen MR) is 66.1 cm³/mol. The number of halogens is 2. The van der Waals surface area contributed by atoms with Gasteiger partial charge in [-0.25, -0.2) is 4.79 Å². The SMILES string of the molecule is O=C(O)c1ccc(-c2ccccc2OC(F)F)[nH]c1=O. The average Bonchev–Trinajstić information content (AvgIpc) is 2.38. The van der Waals surface area contributed by atoms with Gasteiger partial charge in [0.05, 0.1) is 5.69 Å². The number of carbonyl (C=O) groups is 1. The van der Waals surface area contributed by atoms with Gasteiger partial charge in [0, 0.05) is 5.56 Å². The molecule has 0 spiro atoms. The molecule has 0 aliphatic heterocycles. The lowest BCUT2D eigenvalue weighted by Crippen LogP contribution is -2.17. The number of rotatable bonds is 4. The summed E-state index contributed by atoms with van der Waals surface area (Å²) in [5, 5.41) is 8.76. The van der Waals surface area contributed by atoms with Gasteiger partial charge in [-0.05, 0) is 24.3 Å². The summed E-state index contributed by atoms with van der Waals surface area (Å²) in [5.41, 5.74) is -0.819. The molecule has 2 rings (SSSR count). The van der Waals surface area contributed by atoms with E-state index in [1.165, 1.54) is 24.3 Å². The van der Waals surface area contributed by atoms with E-state index in [2.05, 4.69) is 9.72 Å². The van der Waals surface area contributed by atoms with Gasteiger partial charge in [-0.3, -0.25) is 4.79 Å². The quantitative estimate of drug-likeness (QED) is 0.901. The first-order chi connectivity index (χ1) is 9.49. The number of hydrogen-bond acceptors (Lipinski definition) is 3. The zero-order chi connectivity index (χ0) is 14.7. The summed E-state index contributed by atoms with van der Waals surface area (Å²) in [5.74, 6) is -1.48. The lowest BCUT2D eigenvalue weighted by molar-refractivity contribution is -0.0494. The second kappa shape index (κ2) is 5.52. The van der Waals surface area contributed by atoms with Crippen LogP contribution in [0.5, 0.6) is 5.75 Å². The molecule has 0 aliphatic carbocycles. The minimum Gasteiger partial charge on any atom is -0.477 e. The molecule has 0 fully saturated rings. The fraction of sp³-hybridized carbons (Fsp3) is 0.0769. The van der Waals surface area contributed by atoms with Gasteiger partial charge in [-0.1, -0.05) is 12.1 Å². The molecule has 0 aliphatic rings. The Morgan fingerprint density at radius 2 is 1.90 bits per heavy atom. The molecule has 1 aromatic carbocycles. The smallest absolute Gasteiger partial charge is 0.387 e. The maximum absolute atomic E-state index is 12.3. The Labute approximate surface area is 111 Å². The fourth-order valence-electron chi connectivity index (χ4n) is 1.69. The highest BCUT2D eigenvalue weighted by molar-refractivity contribution is 5.87. The van der Waals surface area contributed by atoms with E-state index in [1.54, 1.807) is 6.07 Å². The van der Waals surface area contributed by atoms with E-state index in [9.17, 15) is 18.4 Å². The van der Waals surface area contributed by atoms with Crippen molar-refractivity contribution in [3.63, 3.8) is 0 Å². The molecule has 5 nitrogen and oxygen atoms in total. The van der Waals surface area contributed by atoms with Crippen molar-refractivity contribution in [3.8, 4) is 17.0 Å². The molecule has 0 saturated carbocycles. The van der Waals surface area contributed by atoms with Crippen LogP contribution >= 0.6 is 0 Å². The van der Waals surface area contributed by atoms with Crippen molar-refractivity contribution in [2.45, 2.75) is 6.61 Å². The van der Waals surface area contributed by atoms with Crippen LogP contribution in [0.15, 0.2) is 41.2 Å². The van der Waals surface area contributed by atoms with Gasteiger partial charge in [-0.15, -0.1) is 0 Å². The van der Waals surface area contributed by atoms with Crippen LogP contribution in [0, 0.1) is 0 Å². The van der Waals surface area contributed by atoms with Crippen LogP contribution < -0.4 is 10.3 Å². The average molecular weight is 281 g/mol. The standard InChI is InChI=1S/C13H9F2NO4/c14-13(15)20-10-4-2-1-3-7(10)9-6-5-8(12(18)19)11(17)16-9/h1-6,13H,(H,16,17)(H,18,19). The van der Waals surface area contributed by atoms with Gasteiger partial charge in [0.2, 0.25) is 0 Å². The maximum atomic E-state index is 12.3. The molecule has 2 aromatic rings. The number of aromatic carboxylic acids is 1. The molecule has 0 radical (unpaired) electrons. The first kappa shape index (κ1) is 13.7. The highest BCUT2D eigenvalue weighted by Gasteiger charge is 2.13. The van der Waals surface area contributed by atoms with Crippen LogP contribution in [0.4, 0.5) is 8.78 Å². The topological polar surface area (TPSA) is 79.4 Å².